The van der Waals surface area contributed by atoms with Gasteiger partial charge in [-0.2, -0.15) is 0 Å². The highest BCUT2D eigenvalue weighted by Crippen LogP contribution is 2.22. The summed E-state index contributed by atoms with van der Waals surface area (Å²) in [4.78, 5) is 12.8. The molecule has 0 heterocycles. The lowest BCUT2D eigenvalue weighted by Crippen LogP contribution is -2.38. The zero-order valence-corrected chi connectivity index (χ0v) is 12.5. The van der Waals surface area contributed by atoms with Crippen LogP contribution in [-0.4, -0.2) is 52.3 Å². The molecule has 2 amide bonds. The Labute approximate surface area is 120 Å². The fraction of sp³-hybridized carbons (Fsp3) is 0.500. The molecule has 0 atom stereocenters. The van der Waals surface area contributed by atoms with Crippen LogP contribution in [0.5, 0.6) is 11.5 Å². The van der Waals surface area contributed by atoms with Gasteiger partial charge in [0.2, 0.25) is 0 Å². The number of hydrogen-bond acceptors (Lipinski definition) is 4. The molecule has 0 saturated heterocycles. The maximum Gasteiger partial charge on any atom is 0.316 e. The first kappa shape index (κ1) is 16.1. The van der Waals surface area contributed by atoms with E-state index in [4.69, 9.17) is 9.47 Å². The minimum absolute atomic E-state index is 0.0881. The van der Waals surface area contributed by atoms with Crippen molar-refractivity contribution in [1.82, 2.24) is 15.5 Å². The first-order chi connectivity index (χ1) is 9.56. The highest BCUT2D eigenvalue weighted by molar-refractivity contribution is 5.73. The van der Waals surface area contributed by atoms with Crippen LogP contribution >= 0.6 is 0 Å². The monoisotopic (exact) mass is 281 g/mol. The molecule has 1 rings (SSSR count). The third-order valence-electron chi connectivity index (χ3n) is 2.72. The zero-order valence-electron chi connectivity index (χ0n) is 12.5. The summed E-state index contributed by atoms with van der Waals surface area (Å²) in [7, 11) is 6.68. The van der Waals surface area contributed by atoms with Gasteiger partial charge in [-0.15, -0.1) is 0 Å². The Morgan fingerprint density at radius 1 is 1.10 bits per heavy atom. The van der Waals surface area contributed by atoms with Crippen molar-refractivity contribution in [3.8, 4) is 11.5 Å². The van der Waals surface area contributed by atoms with Gasteiger partial charge in [-0.25, -0.2) is 4.79 Å². The first-order valence-corrected chi connectivity index (χ1v) is 6.44. The van der Waals surface area contributed by atoms with Crippen LogP contribution in [0.1, 0.15) is 5.56 Å². The quantitative estimate of drug-likeness (QED) is 0.734. The molecule has 6 nitrogen and oxygen atoms in total. The number of ether oxygens (including phenoxy) is 2. The van der Waals surface area contributed by atoms with Gasteiger partial charge < -0.3 is 25.0 Å². The average Bonchev–Trinajstić information content (AvgIpc) is 2.46. The van der Waals surface area contributed by atoms with Crippen molar-refractivity contribution in [3.63, 3.8) is 0 Å². The molecule has 2 N–H and O–H groups in total. The van der Waals surface area contributed by atoms with Crippen molar-refractivity contribution in [2.24, 2.45) is 0 Å². The van der Waals surface area contributed by atoms with Gasteiger partial charge in [0.15, 0.2) is 0 Å². The molecule has 0 saturated carbocycles. The summed E-state index contributed by atoms with van der Waals surface area (Å²) >= 11 is 0. The van der Waals surface area contributed by atoms with Crippen LogP contribution in [0.3, 0.4) is 0 Å². The van der Waals surface area contributed by atoms with Crippen molar-refractivity contribution in [2.45, 2.75) is 6.54 Å². The number of urea groups is 1. The summed E-state index contributed by atoms with van der Waals surface area (Å²) in [5.74, 6) is 1.53. The molecular formula is C14H23N3O3. The number of hydrogen-bond donors (Lipinski definition) is 2. The lowest BCUT2D eigenvalue weighted by molar-refractivity contribution is 0.217. The molecule has 0 bridgehead atoms. The molecule has 0 aliphatic carbocycles. The SMILES string of the molecule is COc1cc(CNCCNC(=O)N(C)C)cc(OC)c1. The van der Waals surface area contributed by atoms with Gasteiger partial charge in [-0.1, -0.05) is 0 Å². The maximum atomic E-state index is 11.3. The molecule has 0 spiro atoms. The van der Waals surface area contributed by atoms with Gasteiger partial charge in [-0.05, 0) is 17.7 Å². The van der Waals surface area contributed by atoms with Crippen LogP contribution in [0.15, 0.2) is 18.2 Å². The summed E-state index contributed by atoms with van der Waals surface area (Å²) in [6.45, 7) is 1.96. The molecule has 1 aromatic rings. The van der Waals surface area contributed by atoms with E-state index in [-0.39, 0.29) is 6.03 Å². The van der Waals surface area contributed by atoms with Crippen LogP contribution in [0.4, 0.5) is 4.79 Å². The lowest BCUT2D eigenvalue weighted by atomic mass is 10.2. The van der Waals surface area contributed by atoms with E-state index in [1.165, 1.54) is 4.90 Å². The van der Waals surface area contributed by atoms with Crippen LogP contribution < -0.4 is 20.1 Å². The number of amides is 2. The Morgan fingerprint density at radius 2 is 1.70 bits per heavy atom. The third-order valence-corrected chi connectivity index (χ3v) is 2.72. The fourth-order valence-electron chi connectivity index (χ4n) is 1.62. The minimum atomic E-state index is -0.0881. The Balaban J connectivity index is 2.36. The normalized spacial score (nSPS) is 10.0. The predicted octanol–water partition coefficient (Wildman–Crippen LogP) is 1.06. The van der Waals surface area contributed by atoms with Gasteiger partial charge in [0.1, 0.15) is 11.5 Å². The molecular weight excluding hydrogens is 258 g/mol. The second kappa shape index (κ2) is 8.27. The molecule has 0 radical (unpaired) electrons. The number of methoxy groups -OCH3 is 2. The number of carbonyl (C=O) groups excluding carboxylic acids is 1. The van der Waals surface area contributed by atoms with Gasteiger partial charge in [0, 0.05) is 39.8 Å². The van der Waals surface area contributed by atoms with Crippen molar-refractivity contribution >= 4 is 6.03 Å². The van der Waals surface area contributed by atoms with Gasteiger partial charge >= 0.3 is 6.03 Å². The van der Waals surface area contributed by atoms with Crippen molar-refractivity contribution in [2.75, 3.05) is 41.4 Å². The summed E-state index contributed by atoms with van der Waals surface area (Å²) in [5.41, 5.74) is 1.07. The van der Waals surface area contributed by atoms with E-state index in [0.29, 0.717) is 19.6 Å². The molecule has 1 aromatic carbocycles. The summed E-state index contributed by atoms with van der Waals surface area (Å²) in [5, 5.41) is 6.04. The Kier molecular flexibility index (Phi) is 6.66. The Morgan fingerprint density at radius 3 is 2.20 bits per heavy atom. The molecule has 112 valence electrons. The van der Waals surface area contributed by atoms with E-state index >= 15 is 0 Å². The molecule has 20 heavy (non-hydrogen) atoms. The van der Waals surface area contributed by atoms with E-state index < -0.39 is 0 Å². The zero-order chi connectivity index (χ0) is 15.0. The van der Waals surface area contributed by atoms with E-state index in [1.807, 2.05) is 18.2 Å². The van der Waals surface area contributed by atoms with Crippen LogP contribution in [0.25, 0.3) is 0 Å². The summed E-state index contributed by atoms with van der Waals surface area (Å²) in [6.07, 6.45) is 0. The molecule has 0 fully saturated rings. The molecule has 0 aromatic heterocycles. The lowest BCUT2D eigenvalue weighted by Gasteiger charge is -2.12. The Hall–Kier alpha value is -1.95. The second-order valence-electron chi connectivity index (χ2n) is 4.52. The van der Waals surface area contributed by atoms with Gasteiger partial charge in [0.05, 0.1) is 14.2 Å². The van der Waals surface area contributed by atoms with Crippen molar-refractivity contribution in [3.05, 3.63) is 23.8 Å². The Bertz CT molecular complexity index is 413. The largest absolute Gasteiger partial charge is 0.497 e. The van der Waals surface area contributed by atoms with E-state index in [0.717, 1.165) is 17.1 Å². The standard InChI is InChI=1S/C14H23N3O3/c1-17(2)14(18)16-6-5-15-10-11-7-12(19-3)9-13(8-11)20-4/h7-9,15H,5-6,10H2,1-4H3,(H,16,18). The van der Waals surface area contributed by atoms with Crippen LogP contribution in [0.2, 0.25) is 0 Å². The molecule has 0 aliphatic heterocycles. The maximum absolute atomic E-state index is 11.3. The fourth-order valence-corrected chi connectivity index (χ4v) is 1.62. The molecule has 0 unspecified atom stereocenters. The van der Waals surface area contributed by atoms with E-state index in [1.54, 1.807) is 28.3 Å². The number of nitrogens with one attached hydrogen (secondary N) is 2. The van der Waals surface area contributed by atoms with E-state index in [2.05, 4.69) is 10.6 Å². The minimum Gasteiger partial charge on any atom is -0.497 e. The number of carbonyl (C=O) groups is 1. The van der Waals surface area contributed by atoms with Crippen LogP contribution in [-0.2, 0) is 6.54 Å². The molecule has 0 aliphatic rings. The van der Waals surface area contributed by atoms with Crippen molar-refractivity contribution in [1.29, 1.82) is 0 Å². The topological polar surface area (TPSA) is 62.8 Å². The average molecular weight is 281 g/mol. The summed E-state index contributed by atoms with van der Waals surface area (Å²) < 4.78 is 10.4. The highest BCUT2D eigenvalue weighted by Gasteiger charge is 2.03. The highest BCUT2D eigenvalue weighted by atomic mass is 16.5. The van der Waals surface area contributed by atoms with Crippen molar-refractivity contribution < 1.29 is 14.3 Å². The van der Waals surface area contributed by atoms with E-state index in [9.17, 15) is 4.79 Å². The van der Waals surface area contributed by atoms with Gasteiger partial charge in [-0.3, -0.25) is 0 Å². The smallest absolute Gasteiger partial charge is 0.316 e. The summed E-state index contributed by atoms with van der Waals surface area (Å²) in [6, 6.07) is 5.65. The molecule has 6 heteroatoms. The van der Waals surface area contributed by atoms with Crippen LogP contribution in [0, 0.1) is 0 Å². The second-order valence-corrected chi connectivity index (χ2v) is 4.52. The first-order valence-electron chi connectivity index (χ1n) is 6.44. The number of benzene rings is 1. The van der Waals surface area contributed by atoms with Gasteiger partial charge in [0.25, 0.3) is 0 Å². The predicted molar refractivity (Wildman–Crippen MR) is 78.3 cm³/mol. The number of nitrogens with zero attached hydrogens (tertiary/aromatic N) is 1. The third kappa shape index (κ3) is 5.36. The number of rotatable bonds is 7.